The number of rotatable bonds is 6. The number of benzene rings is 2. The number of hydrogen-bond donors (Lipinski definition) is 1. The number of fused-ring (bicyclic) bond motifs is 1. The van der Waals surface area contributed by atoms with Crippen LogP contribution in [0, 0.1) is 13.8 Å². The van der Waals surface area contributed by atoms with Crippen molar-refractivity contribution in [3.8, 4) is 5.75 Å². The van der Waals surface area contributed by atoms with Crippen LogP contribution in [0.2, 0.25) is 5.02 Å². The van der Waals surface area contributed by atoms with E-state index in [1.807, 2.05) is 26.8 Å². The van der Waals surface area contributed by atoms with Gasteiger partial charge in [0, 0.05) is 12.5 Å². The van der Waals surface area contributed by atoms with Crippen molar-refractivity contribution in [1.29, 1.82) is 0 Å². The predicted octanol–water partition coefficient (Wildman–Crippen LogP) is 3.63. The van der Waals surface area contributed by atoms with Gasteiger partial charge in [0.15, 0.2) is 12.4 Å². The second-order valence-electron chi connectivity index (χ2n) is 7.33. The number of amides is 1. The third kappa shape index (κ3) is 4.15. The molecule has 0 saturated carbocycles. The van der Waals surface area contributed by atoms with Gasteiger partial charge in [-0.2, -0.15) is 4.98 Å². The van der Waals surface area contributed by atoms with Crippen LogP contribution < -0.4 is 14.4 Å². The van der Waals surface area contributed by atoms with E-state index in [1.54, 1.807) is 12.1 Å². The second kappa shape index (κ2) is 8.44. The van der Waals surface area contributed by atoms with Crippen molar-refractivity contribution in [2.45, 2.75) is 38.6 Å². The van der Waals surface area contributed by atoms with Gasteiger partial charge < -0.3 is 9.26 Å². The molecule has 0 spiro atoms. The quantitative estimate of drug-likeness (QED) is 0.577. The molecule has 0 fully saturated rings. The molecule has 168 valence electrons. The lowest BCUT2D eigenvalue weighted by molar-refractivity contribution is -0.121. The van der Waals surface area contributed by atoms with Crippen LogP contribution in [0.5, 0.6) is 5.75 Å². The van der Waals surface area contributed by atoms with Gasteiger partial charge in [0.2, 0.25) is 5.89 Å². The molecule has 1 N–H and O–H groups in total. The number of carbonyl (C=O) groups excluding carboxylic acids is 1. The van der Waals surface area contributed by atoms with Gasteiger partial charge >= 0.3 is 0 Å². The number of anilines is 2. The van der Waals surface area contributed by atoms with Gasteiger partial charge in [0.1, 0.15) is 10.6 Å². The summed E-state index contributed by atoms with van der Waals surface area (Å²) in [4.78, 5) is 17.9. The van der Waals surface area contributed by atoms with Crippen LogP contribution >= 0.6 is 11.6 Å². The maximum atomic E-state index is 13.1. The first-order chi connectivity index (χ1) is 15.2. The van der Waals surface area contributed by atoms with E-state index in [0.717, 1.165) is 11.1 Å². The number of aromatic nitrogens is 2. The first kappa shape index (κ1) is 22.1. The molecule has 1 aliphatic rings. The van der Waals surface area contributed by atoms with Crippen molar-refractivity contribution in [1.82, 2.24) is 10.1 Å². The van der Waals surface area contributed by atoms with Crippen molar-refractivity contribution in [2.24, 2.45) is 0 Å². The molecule has 1 amide bonds. The summed E-state index contributed by atoms with van der Waals surface area (Å²) in [5.74, 6) is 0.667. The highest BCUT2D eigenvalue weighted by Gasteiger charge is 2.31. The average molecular weight is 477 g/mol. The van der Waals surface area contributed by atoms with Gasteiger partial charge in [-0.05, 0) is 37.1 Å². The Morgan fingerprint density at radius 1 is 1.25 bits per heavy atom. The summed E-state index contributed by atoms with van der Waals surface area (Å²) in [5, 5.41) is 3.82. The number of sulfonamides is 1. The first-order valence-corrected chi connectivity index (χ1v) is 11.7. The van der Waals surface area contributed by atoms with Gasteiger partial charge in [-0.25, -0.2) is 8.42 Å². The summed E-state index contributed by atoms with van der Waals surface area (Å²) in [6.07, 6.45) is 0.571. The van der Waals surface area contributed by atoms with Crippen LogP contribution in [0.4, 0.5) is 11.4 Å². The predicted molar refractivity (Wildman–Crippen MR) is 119 cm³/mol. The summed E-state index contributed by atoms with van der Waals surface area (Å²) in [7, 11) is -4.01. The molecule has 0 atom stereocenters. The van der Waals surface area contributed by atoms with Gasteiger partial charge in [0.25, 0.3) is 15.9 Å². The fourth-order valence-electron chi connectivity index (χ4n) is 3.28. The molecule has 1 aliphatic heterocycles. The van der Waals surface area contributed by atoms with E-state index < -0.39 is 10.0 Å². The van der Waals surface area contributed by atoms with E-state index in [9.17, 15) is 13.2 Å². The van der Waals surface area contributed by atoms with Gasteiger partial charge in [-0.3, -0.25) is 14.4 Å². The smallest absolute Gasteiger partial charge is 0.265 e. The molecule has 0 bridgehead atoms. The number of aryl methyl sites for hydroxylation is 2. The Bertz CT molecular complexity index is 1310. The lowest BCUT2D eigenvalue weighted by Crippen LogP contribution is -2.38. The average Bonchev–Trinajstić information content (AvgIpc) is 3.21. The van der Waals surface area contributed by atoms with Crippen molar-refractivity contribution in [3.63, 3.8) is 0 Å². The maximum absolute atomic E-state index is 13.1. The van der Waals surface area contributed by atoms with E-state index in [1.165, 1.54) is 17.0 Å². The van der Waals surface area contributed by atoms with Crippen molar-refractivity contribution < 1.29 is 22.5 Å². The van der Waals surface area contributed by atoms with Crippen LogP contribution in [0.25, 0.3) is 0 Å². The summed E-state index contributed by atoms with van der Waals surface area (Å²) in [5.41, 5.74) is 2.55. The topological polar surface area (TPSA) is 115 Å². The Labute approximate surface area is 190 Å². The Hall–Kier alpha value is -3.11. The highest BCUT2D eigenvalue weighted by atomic mass is 35.5. The van der Waals surface area contributed by atoms with Crippen LogP contribution in [-0.4, -0.2) is 31.1 Å². The molecule has 0 radical (unpaired) electrons. The normalized spacial score (nSPS) is 13.6. The summed E-state index contributed by atoms with van der Waals surface area (Å²) >= 11 is 6.36. The number of hydrogen-bond acceptors (Lipinski definition) is 7. The van der Waals surface area contributed by atoms with E-state index in [0.29, 0.717) is 29.5 Å². The third-order valence-corrected chi connectivity index (χ3v) is 7.04. The summed E-state index contributed by atoms with van der Waals surface area (Å²) in [6.45, 7) is 5.39. The minimum absolute atomic E-state index is 0.0435. The molecule has 0 aliphatic carbocycles. The van der Waals surface area contributed by atoms with E-state index in [-0.39, 0.29) is 34.7 Å². The summed E-state index contributed by atoms with van der Waals surface area (Å²) < 4.78 is 39.3. The fraction of sp³-hybridized carbons (Fsp3) is 0.286. The third-order valence-electron chi connectivity index (χ3n) is 5.21. The standard InChI is InChI=1S/C21H21ClN4O5S/c1-4-20-23-19(24-31-20)10-26-16-8-14(22)18(9-17(16)30-11-21(26)27)32(28,29)25-15-7-5-6-12(2)13(15)3/h5-9,25H,4,10-11H2,1-3H3. The fourth-order valence-corrected chi connectivity index (χ4v) is 4.94. The summed E-state index contributed by atoms with van der Waals surface area (Å²) in [6, 6.07) is 8.05. The highest BCUT2D eigenvalue weighted by Crippen LogP contribution is 2.39. The maximum Gasteiger partial charge on any atom is 0.265 e. The largest absolute Gasteiger partial charge is 0.482 e. The molecule has 0 unspecified atom stereocenters. The van der Waals surface area contributed by atoms with E-state index in [2.05, 4.69) is 14.9 Å². The Kier molecular flexibility index (Phi) is 5.83. The van der Waals surface area contributed by atoms with Gasteiger partial charge in [0.05, 0.1) is 22.9 Å². The molecule has 4 rings (SSSR count). The number of carbonyl (C=O) groups is 1. The number of nitrogens with zero attached hydrogens (tertiary/aromatic N) is 3. The minimum Gasteiger partial charge on any atom is -0.482 e. The molecular weight excluding hydrogens is 456 g/mol. The van der Waals surface area contributed by atoms with Crippen molar-refractivity contribution in [3.05, 3.63) is 58.2 Å². The number of ether oxygens (including phenoxy) is 1. The Morgan fingerprint density at radius 3 is 2.75 bits per heavy atom. The molecule has 9 nitrogen and oxygen atoms in total. The SMILES string of the molecule is CCc1nc(CN2C(=O)COc3cc(S(=O)(=O)Nc4cccc(C)c4C)c(Cl)cc32)no1. The van der Waals surface area contributed by atoms with Gasteiger partial charge in [-0.1, -0.05) is 35.8 Å². The van der Waals surface area contributed by atoms with Gasteiger partial charge in [-0.15, -0.1) is 0 Å². The molecule has 2 aromatic carbocycles. The van der Waals surface area contributed by atoms with Crippen molar-refractivity contribution >= 4 is 38.9 Å². The first-order valence-electron chi connectivity index (χ1n) is 9.86. The monoisotopic (exact) mass is 476 g/mol. The molecule has 3 aromatic rings. The second-order valence-corrected chi connectivity index (χ2v) is 9.39. The molecule has 1 aromatic heterocycles. The van der Waals surface area contributed by atoms with Crippen molar-refractivity contribution in [2.75, 3.05) is 16.2 Å². The molecule has 2 heterocycles. The number of nitrogens with one attached hydrogen (secondary N) is 1. The molecule has 0 saturated heterocycles. The zero-order valence-corrected chi connectivity index (χ0v) is 19.2. The molecular formula is C21H21ClN4O5S. The van der Waals surface area contributed by atoms with Crippen LogP contribution in [0.1, 0.15) is 29.8 Å². The zero-order chi connectivity index (χ0) is 23.0. The Balaban J connectivity index is 1.68. The van der Waals surface area contributed by atoms with Crippen LogP contribution in [-0.2, 0) is 27.8 Å². The zero-order valence-electron chi connectivity index (χ0n) is 17.7. The lowest BCUT2D eigenvalue weighted by atomic mass is 10.1. The molecule has 11 heteroatoms. The minimum atomic E-state index is -4.01. The van der Waals surface area contributed by atoms with Crippen LogP contribution in [0.15, 0.2) is 39.8 Å². The number of halogens is 1. The lowest BCUT2D eigenvalue weighted by Gasteiger charge is -2.29. The van der Waals surface area contributed by atoms with E-state index in [4.69, 9.17) is 20.9 Å². The highest BCUT2D eigenvalue weighted by molar-refractivity contribution is 7.92. The molecule has 32 heavy (non-hydrogen) atoms. The Morgan fingerprint density at radius 2 is 2.03 bits per heavy atom. The van der Waals surface area contributed by atoms with E-state index >= 15 is 0 Å². The van der Waals surface area contributed by atoms with Crippen LogP contribution in [0.3, 0.4) is 0 Å².